The van der Waals surface area contributed by atoms with Crippen LogP contribution >= 0.6 is 0 Å². The Hall–Kier alpha value is -1.59. The molecule has 2 fully saturated rings. The first-order chi connectivity index (χ1) is 10.0. The smallest absolute Gasteiger partial charge is 0.310 e. The Morgan fingerprint density at radius 1 is 1.33 bits per heavy atom. The number of carbonyl (C=O) groups is 3. The lowest BCUT2D eigenvalue weighted by atomic mass is 9.98. The Labute approximate surface area is 125 Å². The van der Waals surface area contributed by atoms with E-state index in [1.807, 2.05) is 0 Å². The van der Waals surface area contributed by atoms with Gasteiger partial charge in [0.2, 0.25) is 11.8 Å². The number of carbonyl (C=O) groups excluding carboxylic acids is 3. The highest BCUT2D eigenvalue weighted by Crippen LogP contribution is 2.37. The maximum atomic E-state index is 12.1. The number of hydrogen-bond acceptors (Lipinski definition) is 4. The predicted molar refractivity (Wildman–Crippen MR) is 76.2 cm³/mol. The van der Waals surface area contributed by atoms with Gasteiger partial charge in [-0.25, -0.2) is 0 Å². The molecule has 1 aliphatic heterocycles. The molecule has 1 saturated carbocycles. The monoisotopic (exact) mass is 296 g/mol. The van der Waals surface area contributed by atoms with E-state index in [1.54, 1.807) is 4.90 Å². The molecule has 2 aliphatic rings. The zero-order valence-corrected chi connectivity index (χ0v) is 12.8. The summed E-state index contributed by atoms with van der Waals surface area (Å²) < 4.78 is 4.74. The second-order valence-corrected chi connectivity index (χ2v) is 6.06. The van der Waals surface area contributed by atoms with E-state index in [2.05, 4.69) is 12.2 Å². The van der Waals surface area contributed by atoms with Crippen molar-refractivity contribution in [1.29, 1.82) is 0 Å². The summed E-state index contributed by atoms with van der Waals surface area (Å²) in [6, 6.07) is 0. The van der Waals surface area contributed by atoms with Gasteiger partial charge in [-0.3, -0.25) is 14.4 Å². The summed E-state index contributed by atoms with van der Waals surface area (Å²) in [7, 11) is 1.37. The second kappa shape index (κ2) is 6.91. The van der Waals surface area contributed by atoms with Crippen LogP contribution in [0.2, 0.25) is 0 Å². The molecule has 21 heavy (non-hydrogen) atoms. The van der Waals surface area contributed by atoms with Gasteiger partial charge in [0.15, 0.2) is 0 Å². The number of methoxy groups -OCH3 is 1. The highest BCUT2D eigenvalue weighted by molar-refractivity contribution is 5.82. The molecule has 1 N–H and O–H groups in total. The second-order valence-electron chi connectivity index (χ2n) is 6.06. The summed E-state index contributed by atoms with van der Waals surface area (Å²) in [5.41, 5.74) is 0. The van der Waals surface area contributed by atoms with E-state index in [9.17, 15) is 14.4 Å². The van der Waals surface area contributed by atoms with Crippen molar-refractivity contribution in [2.45, 2.75) is 32.6 Å². The minimum atomic E-state index is -0.247. The highest BCUT2D eigenvalue weighted by Gasteiger charge is 2.38. The summed E-state index contributed by atoms with van der Waals surface area (Å²) in [6.07, 6.45) is 2.83. The molecule has 0 aromatic carbocycles. The number of amides is 2. The fourth-order valence-corrected chi connectivity index (χ4v) is 2.83. The first-order valence-electron chi connectivity index (χ1n) is 7.66. The Bertz CT molecular complexity index is 424. The normalized spacial score (nSPS) is 27.9. The molecular weight excluding hydrogens is 272 g/mol. The maximum absolute atomic E-state index is 12.1. The van der Waals surface area contributed by atoms with Crippen molar-refractivity contribution >= 4 is 17.8 Å². The van der Waals surface area contributed by atoms with E-state index in [1.165, 1.54) is 7.11 Å². The van der Waals surface area contributed by atoms with Gasteiger partial charge in [-0.15, -0.1) is 0 Å². The average Bonchev–Trinajstić information content (AvgIpc) is 3.23. The van der Waals surface area contributed by atoms with Crippen molar-refractivity contribution < 1.29 is 19.1 Å². The minimum Gasteiger partial charge on any atom is -0.469 e. The van der Waals surface area contributed by atoms with Crippen molar-refractivity contribution in [3.63, 3.8) is 0 Å². The SMILES string of the molecule is COC(=O)C1CCCN(C(=O)CCNC(=O)C2CC2C)C1. The number of likely N-dealkylation sites (tertiary alicyclic amines) is 1. The number of rotatable bonds is 5. The van der Waals surface area contributed by atoms with Crippen molar-refractivity contribution in [3.8, 4) is 0 Å². The van der Waals surface area contributed by atoms with Gasteiger partial charge in [0.25, 0.3) is 0 Å². The molecule has 3 atom stereocenters. The molecule has 3 unspecified atom stereocenters. The van der Waals surface area contributed by atoms with Crippen molar-refractivity contribution in [2.75, 3.05) is 26.7 Å². The topological polar surface area (TPSA) is 75.7 Å². The number of esters is 1. The van der Waals surface area contributed by atoms with Gasteiger partial charge in [0, 0.05) is 32.0 Å². The number of piperidine rings is 1. The Balaban J connectivity index is 1.70. The Morgan fingerprint density at radius 2 is 2.05 bits per heavy atom. The van der Waals surface area contributed by atoms with E-state index in [-0.39, 0.29) is 29.6 Å². The molecule has 1 heterocycles. The number of nitrogens with zero attached hydrogens (tertiary/aromatic N) is 1. The zero-order chi connectivity index (χ0) is 15.4. The summed E-state index contributed by atoms with van der Waals surface area (Å²) in [4.78, 5) is 37.0. The molecule has 118 valence electrons. The lowest BCUT2D eigenvalue weighted by Crippen LogP contribution is -2.43. The molecule has 6 heteroatoms. The van der Waals surface area contributed by atoms with E-state index in [0.717, 1.165) is 19.3 Å². The quantitative estimate of drug-likeness (QED) is 0.752. The summed E-state index contributed by atoms with van der Waals surface area (Å²) in [5, 5.41) is 2.81. The van der Waals surface area contributed by atoms with Gasteiger partial charge in [0.1, 0.15) is 0 Å². The molecule has 6 nitrogen and oxygen atoms in total. The molecular formula is C15H24N2O4. The van der Waals surface area contributed by atoms with Crippen LogP contribution in [0.5, 0.6) is 0 Å². The standard InChI is InChI=1S/C15H24N2O4/c1-10-8-12(10)14(19)16-6-5-13(18)17-7-3-4-11(9-17)15(20)21-2/h10-12H,3-9H2,1-2H3,(H,16,19). The van der Waals surface area contributed by atoms with Crippen LogP contribution in [0.4, 0.5) is 0 Å². The summed E-state index contributed by atoms with van der Waals surface area (Å²) in [5.74, 6) is 0.203. The van der Waals surface area contributed by atoms with Crippen LogP contribution in [0.15, 0.2) is 0 Å². The third-order valence-corrected chi connectivity index (χ3v) is 4.39. The van der Waals surface area contributed by atoms with E-state index >= 15 is 0 Å². The van der Waals surface area contributed by atoms with Gasteiger partial charge >= 0.3 is 5.97 Å². The van der Waals surface area contributed by atoms with E-state index < -0.39 is 0 Å². The van der Waals surface area contributed by atoms with Crippen LogP contribution in [-0.2, 0) is 19.1 Å². The van der Waals surface area contributed by atoms with E-state index in [0.29, 0.717) is 32.0 Å². The van der Waals surface area contributed by atoms with Crippen LogP contribution in [0.1, 0.15) is 32.6 Å². The average molecular weight is 296 g/mol. The Kier molecular flexibility index (Phi) is 5.20. The molecule has 1 aliphatic carbocycles. The van der Waals surface area contributed by atoms with Gasteiger partial charge in [-0.2, -0.15) is 0 Å². The fraction of sp³-hybridized carbons (Fsp3) is 0.800. The molecule has 0 aromatic rings. The lowest BCUT2D eigenvalue weighted by Gasteiger charge is -2.31. The summed E-state index contributed by atoms with van der Waals surface area (Å²) in [6.45, 7) is 3.54. The lowest BCUT2D eigenvalue weighted by molar-refractivity contribution is -0.148. The maximum Gasteiger partial charge on any atom is 0.310 e. The first-order valence-corrected chi connectivity index (χ1v) is 7.66. The van der Waals surface area contributed by atoms with Gasteiger partial charge < -0.3 is 15.0 Å². The van der Waals surface area contributed by atoms with Crippen LogP contribution in [0.25, 0.3) is 0 Å². The molecule has 0 spiro atoms. The molecule has 0 radical (unpaired) electrons. The van der Waals surface area contributed by atoms with Gasteiger partial charge in [-0.05, 0) is 25.2 Å². The summed E-state index contributed by atoms with van der Waals surface area (Å²) >= 11 is 0. The highest BCUT2D eigenvalue weighted by atomic mass is 16.5. The number of ether oxygens (including phenoxy) is 1. The third-order valence-electron chi connectivity index (χ3n) is 4.39. The van der Waals surface area contributed by atoms with Crippen molar-refractivity contribution in [2.24, 2.45) is 17.8 Å². The first kappa shape index (κ1) is 15.8. The predicted octanol–water partition coefficient (Wildman–Crippen LogP) is 0.560. The third kappa shape index (κ3) is 4.19. The van der Waals surface area contributed by atoms with E-state index in [4.69, 9.17) is 4.74 Å². The largest absolute Gasteiger partial charge is 0.469 e. The molecule has 0 aromatic heterocycles. The zero-order valence-electron chi connectivity index (χ0n) is 12.8. The van der Waals surface area contributed by atoms with Gasteiger partial charge in [-0.1, -0.05) is 6.92 Å². The van der Waals surface area contributed by atoms with Crippen LogP contribution in [-0.4, -0.2) is 49.4 Å². The van der Waals surface area contributed by atoms with Crippen molar-refractivity contribution in [1.82, 2.24) is 10.2 Å². The molecule has 2 amide bonds. The minimum absolute atomic E-state index is 0.00671. The number of nitrogens with one attached hydrogen (secondary N) is 1. The van der Waals surface area contributed by atoms with Crippen LogP contribution < -0.4 is 5.32 Å². The molecule has 2 rings (SSSR count). The fourth-order valence-electron chi connectivity index (χ4n) is 2.83. The van der Waals surface area contributed by atoms with Gasteiger partial charge in [0.05, 0.1) is 13.0 Å². The Morgan fingerprint density at radius 3 is 2.67 bits per heavy atom. The molecule has 1 saturated heterocycles. The van der Waals surface area contributed by atoms with Crippen LogP contribution in [0, 0.1) is 17.8 Å². The van der Waals surface area contributed by atoms with Crippen LogP contribution in [0.3, 0.4) is 0 Å². The van der Waals surface area contributed by atoms with Crippen molar-refractivity contribution in [3.05, 3.63) is 0 Å². The molecule has 0 bridgehead atoms. The number of hydrogen-bond donors (Lipinski definition) is 1.